The molecule has 1 unspecified atom stereocenters. The first kappa shape index (κ1) is 17.0. The smallest absolute Gasteiger partial charge is 0.120 e. The molecule has 0 amide bonds. The lowest BCUT2D eigenvalue weighted by atomic mass is 10.0. The van der Waals surface area contributed by atoms with Crippen molar-refractivity contribution in [1.82, 2.24) is 4.90 Å². The van der Waals surface area contributed by atoms with Crippen LogP contribution in [0.3, 0.4) is 0 Å². The monoisotopic (exact) mass is 281 g/mol. The van der Waals surface area contributed by atoms with Gasteiger partial charge in [-0.1, -0.05) is 12.1 Å². The first-order valence-electron chi connectivity index (χ1n) is 7.11. The third-order valence-electron chi connectivity index (χ3n) is 3.56. The van der Waals surface area contributed by atoms with E-state index in [9.17, 15) is 5.11 Å². The highest BCUT2D eigenvalue weighted by molar-refractivity contribution is 5.37. The lowest BCUT2D eigenvalue weighted by Gasteiger charge is -2.29. The zero-order valence-corrected chi connectivity index (χ0v) is 13.1. The van der Waals surface area contributed by atoms with Crippen LogP contribution in [0, 0.1) is 6.92 Å². The molecule has 0 aliphatic rings. The van der Waals surface area contributed by atoms with Crippen molar-refractivity contribution in [3.63, 3.8) is 0 Å². The highest BCUT2D eigenvalue weighted by atomic mass is 16.5. The molecule has 0 aliphatic carbocycles. The summed E-state index contributed by atoms with van der Waals surface area (Å²) in [6.45, 7) is 7.29. The Morgan fingerprint density at radius 1 is 1.15 bits per heavy atom. The Labute approximate surface area is 122 Å². The number of aryl methyl sites for hydroxylation is 1. The van der Waals surface area contributed by atoms with Gasteiger partial charge in [0.1, 0.15) is 5.75 Å². The molecule has 20 heavy (non-hydrogen) atoms. The van der Waals surface area contributed by atoms with Gasteiger partial charge in [0.15, 0.2) is 0 Å². The molecule has 1 atom stereocenters. The van der Waals surface area contributed by atoms with Crippen LogP contribution in [-0.2, 0) is 9.47 Å². The third kappa shape index (κ3) is 5.12. The van der Waals surface area contributed by atoms with Crippen LogP contribution in [0.5, 0.6) is 5.75 Å². The Bertz CT molecular complexity index is 395. The third-order valence-corrected chi connectivity index (χ3v) is 3.56. The fraction of sp³-hybridized carbons (Fsp3) is 0.625. The predicted octanol–water partition coefficient (Wildman–Crippen LogP) is 2.75. The fourth-order valence-corrected chi connectivity index (χ4v) is 2.32. The van der Waals surface area contributed by atoms with Crippen molar-refractivity contribution < 1.29 is 14.6 Å². The minimum Gasteiger partial charge on any atom is -0.508 e. The molecule has 0 fully saturated rings. The Balaban J connectivity index is 2.76. The second-order valence-electron chi connectivity index (χ2n) is 5.11. The quantitative estimate of drug-likeness (QED) is 0.707. The van der Waals surface area contributed by atoms with Gasteiger partial charge in [0.25, 0.3) is 0 Å². The van der Waals surface area contributed by atoms with Crippen LogP contribution in [0.15, 0.2) is 18.2 Å². The van der Waals surface area contributed by atoms with E-state index in [0.717, 1.165) is 37.2 Å². The topological polar surface area (TPSA) is 41.9 Å². The second kappa shape index (κ2) is 8.95. The molecule has 0 aromatic heterocycles. The van der Waals surface area contributed by atoms with Gasteiger partial charge in [-0.05, 0) is 31.9 Å². The zero-order chi connectivity index (χ0) is 15.0. The molecule has 4 heteroatoms. The summed E-state index contributed by atoms with van der Waals surface area (Å²) in [6, 6.07) is 6.01. The Kier molecular flexibility index (Phi) is 7.59. The summed E-state index contributed by atoms with van der Waals surface area (Å²) >= 11 is 0. The number of phenols is 1. The van der Waals surface area contributed by atoms with E-state index in [1.807, 2.05) is 25.1 Å². The van der Waals surface area contributed by atoms with Crippen LogP contribution in [0.1, 0.15) is 30.5 Å². The molecular weight excluding hydrogens is 254 g/mol. The minimum absolute atomic E-state index is 0.155. The Hall–Kier alpha value is -1.10. The molecule has 1 N–H and O–H groups in total. The molecule has 0 aliphatic heterocycles. The van der Waals surface area contributed by atoms with Crippen LogP contribution in [0.2, 0.25) is 0 Å². The number of hydrogen-bond acceptors (Lipinski definition) is 4. The molecule has 1 rings (SSSR count). The maximum Gasteiger partial charge on any atom is 0.120 e. The SMILES string of the molecule is COCCCN(CCOC)C(C)c1ccc(C)cc1O. The summed E-state index contributed by atoms with van der Waals surface area (Å²) in [6.07, 6.45) is 0.969. The van der Waals surface area contributed by atoms with E-state index in [4.69, 9.17) is 9.47 Å². The number of methoxy groups -OCH3 is 2. The molecule has 0 spiro atoms. The largest absolute Gasteiger partial charge is 0.508 e. The van der Waals surface area contributed by atoms with Gasteiger partial charge in [0.05, 0.1) is 6.61 Å². The van der Waals surface area contributed by atoms with Crippen LogP contribution < -0.4 is 0 Å². The number of aromatic hydroxyl groups is 1. The van der Waals surface area contributed by atoms with Crippen LogP contribution >= 0.6 is 0 Å². The highest BCUT2D eigenvalue weighted by Crippen LogP contribution is 2.29. The van der Waals surface area contributed by atoms with Crippen LogP contribution in [0.25, 0.3) is 0 Å². The first-order valence-corrected chi connectivity index (χ1v) is 7.11. The normalized spacial score (nSPS) is 12.8. The molecule has 1 aromatic carbocycles. The summed E-state index contributed by atoms with van der Waals surface area (Å²) in [5.74, 6) is 0.367. The average molecular weight is 281 g/mol. The van der Waals surface area contributed by atoms with E-state index >= 15 is 0 Å². The number of hydrogen-bond donors (Lipinski definition) is 1. The predicted molar refractivity (Wildman–Crippen MR) is 81.2 cm³/mol. The van der Waals surface area contributed by atoms with Crippen molar-refractivity contribution in [3.8, 4) is 5.75 Å². The lowest BCUT2D eigenvalue weighted by molar-refractivity contribution is 0.110. The van der Waals surface area contributed by atoms with E-state index < -0.39 is 0 Å². The minimum atomic E-state index is 0.155. The molecule has 0 saturated heterocycles. The summed E-state index contributed by atoms with van der Waals surface area (Å²) in [4.78, 5) is 2.31. The number of rotatable bonds is 9. The number of ether oxygens (including phenoxy) is 2. The molecule has 114 valence electrons. The summed E-state index contributed by atoms with van der Waals surface area (Å²) in [7, 11) is 3.43. The molecule has 0 radical (unpaired) electrons. The van der Waals surface area contributed by atoms with Crippen molar-refractivity contribution in [2.75, 3.05) is 40.5 Å². The Morgan fingerprint density at radius 2 is 1.85 bits per heavy atom. The molecule has 1 aromatic rings. The molecule has 4 nitrogen and oxygen atoms in total. The summed E-state index contributed by atoms with van der Waals surface area (Å²) in [5, 5.41) is 10.1. The Morgan fingerprint density at radius 3 is 2.45 bits per heavy atom. The lowest BCUT2D eigenvalue weighted by Crippen LogP contribution is -2.32. The van der Waals surface area contributed by atoms with Crippen molar-refractivity contribution in [1.29, 1.82) is 0 Å². The standard InChI is InChI=1S/C16H27NO3/c1-13-6-7-15(16(18)12-13)14(2)17(9-11-20-4)8-5-10-19-3/h6-7,12,14,18H,5,8-11H2,1-4H3. The van der Waals surface area contributed by atoms with Crippen LogP contribution in [-0.4, -0.2) is 50.5 Å². The van der Waals surface area contributed by atoms with Gasteiger partial charge in [-0.25, -0.2) is 0 Å². The number of benzene rings is 1. The van der Waals surface area contributed by atoms with Crippen LogP contribution in [0.4, 0.5) is 0 Å². The van der Waals surface area contributed by atoms with Crippen molar-refractivity contribution in [2.45, 2.75) is 26.3 Å². The van der Waals surface area contributed by atoms with Gasteiger partial charge in [0, 0.05) is 45.5 Å². The van der Waals surface area contributed by atoms with E-state index in [0.29, 0.717) is 12.4 Å². The van der Waals surface area contributed by atoms with Crippen molar-refractivity contribution >= 4 is 0 Å². The first-order chi connectivity index (χ1) is 9.60. The van der Waals surface area contributed by atoms with E-state index in [-0.39, 0.29) is 6.04 Å². The zero-order valence-electron chi connectivity index (χ0n) is 13.1. The van der Waals surface area contributed by atoms with E-state index in [1.165, 1.54) is 0 Å². The van der Waals surface area contributed by atoms with Gasteiger partial charge in [-0.2, -0.15) is 0 Å². The second-order valence-corrected chi connectivity index (χ2v) is 5.11. The van der Waals surface area contributed by atoms with Gasteiger partial charge < -0.3 is 14.6 Å². The molecule has 0 bridgehead atoms. The molecule has 0 heterocycles. The summed E-state index contributed by atoms with van der Waals surface area (Å²) in [5.41, 5.74) is 2.03. The maximum absolute atomic E-state index is 10.1. The number of phenolic OH excluding ortho intramolecular Hbond substituents is 1. The van der Waals surface area contributed by atoms with Gasteiger partial charge in [0.2, 0.25) is 0 Å². The highest BCUT2D eigenvalue weighted by Gasteiger charge is 2.18. The van der Waals surface area contributed by atoms with Gasteiger partial charge in [-0.15, -0.1) is 0 Å². The van der Waals surface area contributed by atoms with E-state index in [2.05, 4.69) is 11.8 Å². The van der Waals surface area contributed by atoms with Gasteiger partial charge >= 0.3 is 0 Å². The van der Waals surface area contributed by atoms with Crippen molar-refractivity contribution in [2.24, 2.45) is 0 Å². The van der Waals surface area contributed by atoms with E-state index in [1.54, 1.807) is 14.2 Å². The maximum atomic E-state index is 10.1. The van der Waals surface area contributed by atoms with Gasteiger partial charge in [-0.3, -0.25) is 4.90 Å². The average Bonchev–Trinajstić information content (AvgIpc) is 2.42. The molecule has 0 saturated carbocycles. The summed E-state index contributed by atoms with van der Waals surface area (Å²) < 4.78 is 10.3. The molecular formula is C16H27NO3. The fourth-order valence-electron chi connectivity index (χ4n) is 2.32. The van der Waals surface area contributed by atoms with Crippen molar-refractivity contribution in [3.05, 3.63) is 29.3 Å². The number of nitrogens with zero attached hydrogens (tertiary/aromatic N) is 1.